The molecule has 0 atom stereocenters. The molecule has 0 aliphatic carbocycles. The van der Waals surface area contributed by atoms with Crippen LogP contribution in [0, 0.1) is 0 Å². The van der Waals surface area contributed by atoms with E-state index < -0.39 is 0 Å². The van der Waals surface area contributed by atoms with E-state index in [0.717, 1.165) is 44.3 Å². The molecule has 0 N–H and O–H groups in total. The number of nitrogens with zero attached hydrogens (tertiary/aromatic N) is 6. The van der Waals surface area contributed by atoms with Crippen LogP contribution in [0.2, 0.25) is 0 Å². The molecule has 0 saturated heterocycles. The van der Waals surface area contributed by atoms with E-state index in [9.17, 15) is 0 Å². The first-order valence-electron chi connectivity index (χ1n) is 32.8. The van der Waals surface area contributed by atoms with Crippen LogP contribution in [0.3, 0.4) is 0 Å². The van der Waals surface area contributed by atoms with Gasteiger partial charge in [-0.1, -0.05) is 190 Å². The Balaban J connectivity index is 0.000000154. The van der Waals surface area contributed by atoms with E-state index in [0.29, 0.717) is 71.0 Å². The van der Waals surface area contributed by atoms with Crippen molar-refractivity contribution in [2.75, 3.05) is 0 Å². The van der Waals surface area contributed by atoms with Gasteiger partial charge >= 0.3 is 0 Å². The molecule has 6 aromatic heterocycles. The Morgan fingerprint density at radius 1 is 0.267 bits per heavy atom. The van der Waals surface area contributed by atoms with E-state index in [1.807, 2.05) is 28.7 Å². The molecule has 0 aliphatic rings. The minimum atomic E-state index is 0.471. The van der Waals surface area contributed by atoms with Crippen LogP contribution < -0.4 is 0 Å². The van der Waals surface area contributed by atoms with Crippen LogP contribution >= 0.6 is 34.0 Å². The predicted molar refractivity (Wildman–Crippen MR) is 390 cm³/mol. The molecule has 12 aromatic rings. The summed E-state index contributed by atoms with van der Waals surface area (Å²) in [5.41, 5.74) is 31.9. The van der Waals surface area contributed by atoms with E-state index in [2.05, 4.69) is 257 Å². The first-order valence-corrected chi connectivity index (χ1v) is 35.4. The molecule has 0 bridgehead atoms. The first-order chi connectivity index (χ1) is 42.6. The summed E-state index contributed by atoms with van der Waals surface area (Å²) in [7, 11) is 0. The number of aromatic nitrogens is 6. The number of hydrogen-bond donors (Lipinski definition) is 0. The fourth-order valence-electron chi connectivity index (χ4n) is 12.2. The van der Waals surface area contributed by atoms with Crippen molar-refractivity contribution in [2.45, 2.75) is 237 Å². The van der Waals surface area contributed by atoms with Crippen LogP contribution in [0.15, 0.2) is 122 Å². The molecular weight excluding hydrogens is 1170 g/mol. The summed E-state index contributed by atoms with van der Waals surface area (Å²) in [4.78, 5) is 26.0. The summed E-state index contributed by atoms with van der Waals surface area (Å²) < 4.78 is 20.1. The smallest absolute Gasteiger partial charge is 0.181 e. The topological polar surface area (TPSA) is 117 Å². The number of benzene rings is 6. The molecule has 6 aromatic carbocycles. The van der Waals surface area contributed by atoms with Crippen molar-refractivity contribution < 1.29 is 13.3 Å². The Bertz CT molecular complexity index is 3650. The maximum Gasteiger partial charge on any atom is 0.181 e. The van der Waals surface area contributed by atoms with Gasteiger partial charge in [-0.2, -0.15) is 0 Å². The van der Waals surface area contributed by atoms with Crippen LogP contribution in [-0.2, 0) is 0 Å². The summed E-state index contributed by atoms with van der Waals surface area (Å²) in [6.07, 6.45) is 4.57. The number of thiazole rings is 3. The molecule has 480 valence electrons. The molecule has 0 saturated carbocycles. The average molecular weight is 1270 g/mol. The van der Waals surface area contributed by atoms with Crippen LogP contribution in [0.5, 0.6) is 0 Å². The minimum absolute atomic E-state index is 0.471. The highest BCUT2D eigenvalue weighted by molar-refractivity contribution is 7.17. The van der Waals surface area contributed by atoms with Gasteiger partial charge in [-0.25, -0.2) is 29.9 Å². The highest BCUT2D eigenvalue weighted by Gasteiger charge is 2.21. The molecule has 0 radical (unpaired) electrons. The van der Waals surface area contributed by atoms with Gasteiger partial charge in [0.15, 0.2) is 35.9 Å². The molecule has 6 heterocycles. The van der Waals surface area contributed by atoms with E-state index in [1.54, 1.807) is 34.0 Å². The van der Waals surface area contributed by atoms with Crippen molar-refractivity contribution in [2.24, 2.45) is 0 Å². The Kier molecular flexibility index (Phi) is 24.9. The molecule has 0 aliphatic heterocycles. The Hall–Kier alpha value is -6.60. The van der Waals surface area contributed by atoms with Crippen molar-refractivity contribution in [1.82, 2.24) is 29.9 Å². The van der Waals surface area contributed by atoms with Gasteiger partial charge in [0.25, 0.3) is 0 Å². The summed E-state index contributed by atoms with van der Waals surface area (Å²) >= 11 is 5.22. The van der Waals surface area contributed by atoms with Crippen molar-refractivity contribution in [3.63, 3.8) is 0 Å². The lowest BCUT2D eigenvalue weighted by Gasteiger charge is -2.16. The molecule has 90 heavy (non-hydrogen) atoms. The van der Waals surface area contributed by atoms with Crippen molar-refractivity contribution in [3.05, 3.63) is 175 Å². The van der Waals surface area contributed by atoms with Crippen LogP contribution in [-0.4, -0.2) is 29.9 Å². The van der Waals surface area contributed by atoms with Gasteiger partial charge in [-0.15, -0.1) is 34.0 Å². The van der Waals surface area contributed by atoms with Gasteiger partial charge in [0.2, 0.25) is 0 Å². The van der Waals surface area contributed by atoms with Gasteiger partial charge in [-0.05, 0) is 181 Å². The predicted octanol–water partition coefficient (Wildman–Crippen LogP) is 25.9. The number of rotatable bonds is 12. The van der Waals surface area contributed by atoms with Crippen LogP contribution in [0.25, 0.3) is 63.9 Å². The molecule has 0 amide bonds. The van der Waals surface area contributed by atoms with E-state index >= 15 is 0 Å². The maximum absolute atomic E-state index is 5.49. The second kappa shape index (κ2) is 31.6. The van der Waals surface area contributed by atoms with Crippen molar-refractivity contribution in [1.29, 1.82) is 0 Å². The highest BCUT2D eigenvalue weighted by atomic mass is 32.1. The summed E-state index contributed by atoms with van der Waals surface area (Å²) in [5.74, 6) is 6.53. The number of fused-ring (bicyclic) bond motifs is 6. The molecule has 0 unspecified atom stereocenters. The lowest BCUT2D eigenvalue weighted by Crippen LogP contribution is -1.99. The monoisotopic (exact) mass is 1270 g/mol. The average Bonchev–Trinajstić information content (AvgIpc) is 1.83. The fraction of sp³-hybridized carbons (Fsp3) is 0.462. The zero-order valence-corrected chi connectivity index (χ0v) is 60.9. The van der Waals surface area contributed by atoms with Gasteiger partial charge < -0.3 is 13.3 Å². The van der Waals surface area contributed by atoms with Gasteiger partial charge in [0.1, 0.15) is 16.6 Å². The Morgan fingerprint density at radius 3 is 1.23 bits per heavy atom. The maximum atomic E-state index is 5.49. The zero-order valence-electron chi connectivity index (χ0n) is 58.5. The largest absolute Gasteiger partial charge is 0.443 e. The third-order valence-corrected chi connectivity index (χ3v) is 19.1. The molecule has 0 spiro atoms. The number of oxazole rings is 3. The third kappa shape index (κ3) is 16.7. The molecule has 0 fully saturated rings. The van der Waals surface area contributed by atoms with E-state index in [-0.39, 0.29) is 0 Å². The van der Waals surface area contributed by atoms with E-state index in [4.69, 9.17) is 13.3 Å². The Morgan fingerprint density at radius 2 is 0.667 bits per heavy atom. The first kappa shape index (κ1) is 70.9. The van der Waals surface area contributed by atoms with Crippen molar-refractivity contribution >= 4 is 98.0 Å². The second-order valence-electron chi connectivity index (χ2n) is 27.5. The minimum Gasteiger partial charge on any atom is -0.443 e. The summed E-state index contributed by atoms with van der Waals surface area (Å²) in [6.45, 7) is 53.6. The standard InChI is InChI=1S/3C13H17NO.3C13H17NS/c1-8(2)10-5-12-13(15-7-14-12)6-11(10)9(3)4;1-8(2)10-5-6-11-13(14-7-15-11)12(10)9(3)4;1-8(2)10-5-6-11-13(15-7-14-11)12(10)9(3)4;1-8(2)10-5-12-13(15-7-14-12)6-11(10)9(3)4;1-8(2)10-5-6-11-13(14-7-15-11)12(10)9(3)4;1-8(2)10-5-6-11-13(15-7-14-11)12(10)9(3)4/h6*5-9H,1-4H3. The third-order valence-electron chi connectivity index (χ3n) is 16.7. The SMILES string of the molecule is CC(C)c1cc2ncoc2cc1C(C)C.CC(C)c1cc2ncsc2cc1C(C)C.CC(C)c1ccc2ncoc2c1C(C)C.CC(C)c1ccc2ncsc2c1C(C)C.CC(C)c1ccc2ocnc2c1C(C)C.CC(C)c1ccc2scnc2c1C(C)C. The normalized spacial score (nSPS) is 11.9. The molecule has 12 heteroatoms. The van der Waals surface area contributed by atoms with Crippen LogP contribution in [0.1, 0.15) is 304 Å². The quantitative estimate of drug-likeness (QED) is 0.118. The van der Waals surface area contributed by atoms with Gasteiger partial charge in [-0.3, -0.25) is 0 Å². The zero-order chi connectivity index (χ0) is 66.0. The lowest BCUT2D eigenvalue weighted by atomic mass is 9.90. The van der Waals surface area contributed by atoms with Crippen molar-refractivity contribution in [3.8, 4) is 0 Å². The fourth-order valence-corrected chi connectivity index (χ4v) is 14.5. The molecule has 9 nitrogen and oxygen atoms in total. The number of hydrogen-bond acceptors (Lipinski definition) is 12. The van der Waals surface area contributed by atoms with Crippen LogP contribution in [0.4, 0.5) is 0 Å². The van der Waals surface area contributed by atoms with E-state index in [1.165, 1.54) is 106 Å². The highest BCUT2D eigenvalue weighted by Crippen LogP contribution is 2.39. The lowest BCUT2D eigenvalue weighted by molar-refractivity contribution is 0.592. The molecule has 12 rings (SSSR count). The summed E-state index contributed by atoms with van der Waals surface area (Å²) in [5, 5.41) is 0. The Labute approximate surface area is 550 Å². The second-order valence-corrected chi connectivity index (χ2v) is 30.2. The van der Waals surface area contributed by atoms with Gasteiger partial charge in [0, 0.05) is 5.56 Å². The summed E-state index contributed by atoms with van der Waals surface area (Å²) in [6, 6.07) is 26.1. The molecular formula is C78H102N6O3S3. The van der Waals surface area contributed by atoms with Gasteiger partial charge in [0.05, 0.1) is 47.2 Å².